The van der Waals surface area contributed by atoms with E-state index in [0.717, 1.165) is 29.4 Å². The van der Waals surface area contributed by atoms with E-state index in [0.29, 0.717) is 6.04 Å². The number of aromatic nitrogens is 3. The number of hydrogen-bond acceptors (Lipinski definition) is 5. The summed E-state index contributed by atoms with van der Waals surface area (Å²) in [6.45, 7) is 3.08. The van der Waals surface area contributed by atoms with E-state index in [1.165, 1.54) is 0 Å². The zero-order chi connectivity index (χ0) is 12.5. The van der Waals surface area contributed by atoms with Gasteiger partial charge in [-0.3, -0.25) is 0 Å². The van der Waals surface area contributed by atoms with Gasteiger partial charge >= 0.3 is 0 Å². The molecule has 1 fully saturated rings. The third-order valence-electron chi connectivity index (χ3n) is 3.43. The molecule has 0 bridgehead atoms. The van der Waals surface area contributed by atoms with Gasteiger partial charge in [-0.1, -0.05) is 0 Å². The standard InChI is InChI=1S/C12H16N4OS/c1-8-11(18-7-15-8)12-13-2-3-16(12)10-4-9(6-17)14-5-10/h2-3,7,9-10,14,17H,4-6H2,1H3/t9-,10+/m1/s1. The van der Waals surface area contributed by atoms with Gasteiger partial charge in [0.2, 0.25) is 0 Å². The van der Waals surface area contributed by atoms with Crippen LogP contribution in [0.5, 0.6) is 0 Å². The van der Waals surface area contributed by atoms with Gasteiger partial charge in [0.25, 0.3) is 0 Å². The second-order valence-corrected chi connectivity index (χ2v) is 5.46. The van der Waals surface area contributed by atoms with Gasteiger partial charge in [0.05, 0.1) is 22.7 Å². The zero-order valence-electron chi connectivity index (χ0n) is 10.2. The number of thiazole rings is 1. The summed E-state index contributed by atoms with van der Waals surface area (Å²) >= 11 is 1.62. The van der Waals surface area contributed by atoms with Crippen molar-refractivity contribution in [2.75, 3.05) is 13.2 Å². The van der Waals surface area contributed by atoms with E-state index in [1.807, 2.05) is 24.8 Å². The molecule has 1 saturated heterocycles. The molecule has 3 heterocycles. The smallest absolute Gasteiger partial charge is 0.152 e. The molecule has 2 atom stereocenters. The van der Waals surface area contributed by atoms with Crippen molar-refractivity contribution in [3.05, 3.63) is 23.6 Å². The Morgan fingerprint density at radius 1 is 1.56 bits per heavy atom. The number of imidazole rings is 1. The van der Waals surface area contributed by atoms with Gasteiger partial charge in [-0.25, -0.2) is 9.97 Å². The van der Waals surface area contributed by atoms with Crippen molar-refractivity contribution in [1.29, 1.82) is 0 Å². The van der Waals surface area contributed by atoms with Crippen molar-refractivity contribution in [3.8, 4) is 10.7 Å². The summed E-state index contributed by atoms with van der Waals surface area (Å²) in [7, 11) is 0. The van der Waals surface area contributed by atoms with Crippen LogP contribution < -0.4 is 5.32 Å². The molecule has 2 N–H and O–H groups in total. The Hall–Kier alpha value is -1.24. The first-order valence-electron chi connectivity index (χ1n) is 6.07. The molecule has 96 valence electrons. The van der Waals surface area contributed by atoms with Crippen LogP contribution >= 0.6 is 11.3 Å². The minimum atomic E-state index is 0.195. The first kappa shape index (κ1) is 11.8. The summed E-state index contributed by atoms with van der Waals surface area (Å²) in [5.74, 6) is 0.986. The van der Waals surface area contributed by atoms with Gasteiger partial charge in [0.1, 0.15) is 0 Å². The van der Waals surface area contributed by atoms with Crippen molar-refractivity contribution >= 4 is 11.3 Å². The number of nitrogens with one attached hydrogen (secondary N) is 1. The normalized spacial score (nSPS) is 23.7. The predicted molar refractivity (Wildman–Crippen MR) is 70.6 cm³/mol. The summed E-state index contributed by atoms with van der Waals surface area (Å²) < 4.78 is 2.20. The first-order chi connectivity index (χ1) is 8.79. The number of nitrogens with zero attached hydrogens (tertiary/aromatic N) is 3. The average molecular weight is 264 g/mol. The molecule has 0 aliphatic carbocycles. The molecule has 0 amide bonds. The number of aliphatic hydroxyl groups excluding tert-OH is 1. The molecule has 2 aromatic heterocycles. The topological polar surface area (TPSA) is 63.0 Å². The van der Waals surface area contributed by atoms with Crippen molar-refractivity contribution in [2.24, 2.45) is 0 Å². The van der Waals surface area contributed by atoms with E-state index in [-0.39, 0.29) is 12.6 Å². The molecule has 6 heteroatoms. The fourth-order valence-corrected chi connectivity index (χ4v) is 3.25. The largest absolute Gasteiger partial charge is 0.395 e. The van der Waals surface area contributed by atoms with Crippen LogP contribution in [0.2, 0.25) is 0 Å². The van der Waals surface area contributed by atoms with Crippen LogP contribution in [0.15, 0.2) is 17.9 Å². The van der Waals surface area contributed by atoms with Crippen LogP contribution in [0.25, 0.3) is 10.7 Å². The fraction of sp³-hybridized carbons (Fsp3) is 0.500. The van der Waals surface area contributed by atoms with Crippen molar-refractivity contribution in [2.45, 2.75) is 25.4 Å². The molecule has 0 aromatic carbocycles. The van der Waals surface area contributed by atoms with Gasteiger partial charge in [-0.15, -0.1) is 11.3 Å². The van der Waals surface area contributed by atoms with Crippen molar-refractivity contribution in [1.82, 2.24) is 19.9 Å². The van der Waals surface area contributed by atoms with Crippen LogP contribution in [0.4, 0.5) is 0 Å². The molecular formula is C12H16N4OS. The molecule has 0 saturated carbocycles. The third-order valence-corrected chi connectivity index (χ3v) is 4.35. The van der Waals surface area contributed by atoms with Crippen LogP contribution in [0.1, 0.15) is 18.2 Å². The molecule has 0 spiro atoms. The monoisotopic (exact) mass is 264 g/mol. The lowest BCUT2D eigenvalue weighted by Crippen LogP contribution is -2.24. The molecule has 5 nitrogen and oxygen atoms in total. The molecule has 2 aromatic rings. The summed E-state index contributed by atoms with van der Waals surface area (Å²) in [5, 5.41) is 12.5. The zero-order valence-corrected chi connectivity index (χ0v) is 11.0. The molecule has 0 unspecified atom stereocenters. The Labute approximate surface area is 110 Å². The van der Waals surface area contributed by atoms with Gasteiger partial charge in [-0.2, -0.15) is 0 Å². The van der Waals surface area contributed by atoms with E-state index in [1.54, 1.807) is 11.3 Å². The first-order valence-corrected chi connectivity index (χ1v) is 6.95. The highest BCUT2D eigenvalue weighted by Crippen LogP contribution is 2.30. The third kappa shape index (κ3) is 1.96. The van der Waals surface area contributed by atoms with E-state index < -0.39 is 0 Å². The van der Waals surface area contributed by atoms with Crippen LogP contribution in [0, 0.1) is 6.92 Å². The summed E-state index contributed by atoms with van der Waals surface area (Å²) in [5.41, 5.74) is 2.88. The quantitative estimate of drug-likeness (QED) is 0.874. The second-order valence-electron chi connectivity index (χ2n) is 4.60. The molecular weight excluding hydrogens is 248 g/mol. The summed E-state index contributed by atoms with van der Waals surface area (Å²) in [4.78, 5) is 9.87. The highest BCUT2D eigenvalue weighted by Gasteiger charge is 2.26. The fourth-order valence-electron chi connectivity index (χ4n) is 2.45. The number of hydrogen-bond donors (Lipinski definition) is 2. The maximum Gasteiger partial charge on any atom is 0.152 e. The van der Waals surface area contributed by atoms with Gasteiger partial charge in [0.15, 0.2) is 5.82 Å². The highest BCUT2D eigenvalue weighted by molar-refractivity contribution is 7.13. The van der Waals surface area contributed by atoms with Crippen molar-refractivity contribution in [3.63, 3.8) is 0 Å². The Balaban J connectivity index is 1.91. The number of rotatable bonds is 3. The molecule has 1 aliphatic heterocycles. The summed E-state index contributed by atoms with van der Waals surface area (Å²) in [6, 6.07) is 0.564. The van der Waals surface area contributed by atoms with Gasteiger partial charge in [0, 0.05) is 31.0 Å². The Kier molecular flexibility index (Phi) is 3.15. The summed E-state index contributed by atoms with van der Waals surface area (Å²) in [6.07, 6.45) is 4.79. The number of aliphatic hydroxyl groups is 1. The lowest BCUT2D eigenvalue weighted by atomic mass is 10.2. The Morgan fingerprint density at radius 2 is 2.44 bits per heavy atom. The SMILES string of the molecule is Cc1ncsc1-c1nccn1[C@@H]1CN[C@@H](CO)C1. The maximum atomic E-state index is 9.18. The minimum absolute atomic E-state index is 0.195. The lowest BCUT2D eigenvalue weighted by Gasteiger charge is -2.14. The maximum absolute atomic E-state index is 9.18. The van der Waals surface area contributed by atoms with E-state index in [2.05, 4.69) is 19.9 Å². The molecule has 0 radical (unpaired) electrons. The second kappa shape index (κ2) is 4.79. The van der Waals surface area contributed by atoms with E-state index >= 15 is 0 Å². The lowest BCUT2D eigenvalue weighted by molar-refractivity contribution is 0.253. The van der Waals surface area contributed by atoms with E-state index in [9.17, 15) is 5.11 Å². The minimum Gasteiger partial charge on any atom is -0.395 e. The Morgan fingerprint density at radius 3 is 3.11 bits per heavy atom. The highest BCUT2D eigenvalue weighted by atomic mass is 32.1. The molecule has 18 heavy (non-hydrogen) atoms. The number of aryl methyl sites for hydroxylation is 1. The molecule has 3 rings (SSSR count). The Bertz CT molecular complexity index is 536. The predicted octanol–water partition coefficient (Wildman–Crippen LogP) is 1.21. The van der Waals surface area contributed by atoms with Crippen molar-refractivity contribution < 1.29 is 5.11 Å². The van der Waals surface area contributed by atoms with E-state index in [4.69, 9.17) is 0 Å². The van der Waals surface area contributed by atoms with Gasteiger partial charge < -0.3 is 15.0 Å². The molecule has 1 aliphatic rings. The average Bonchev–Trinajstić information content (AvgIpc) is 3.06. The van der Waals surface area contributed by atoms with Crippen LogP contribution in [-0.4, -0.2) is 38.8 Å². The van der Waals surface area contributed by atoms with Crippen LogP contribution in [-0.2, 0) is 0 Å². The van der Waals surface area contributed by atoms with Crippen LogP contribution in [0.3, 0.4) is 0 Å². The van der Waals surface area contributed by atoms with Gasteiger partial charge in [-0.05, 0) is 13.3 Å².